The molecule has 0 radical (unpaired) electrons. The molecule has 2 aromatic rings. The molecule has 2 N–H and O–H groups in total. The van der Waals surface area contributed by atoms with Gasteiger partial charge in [0.25, 0.3) is 6.02 Å². The SMILES string of the molecule is CC1(C)OC(N)=N[C@](C)(c2cc(CC(=O)c3ccn(C(F)F)n3)ccc2F)C1(F)F. The van der Waals surface area contributed by atoms with Crippen LogP contribution >= 0.6 is 0 Å². The van der Waals surface area contributed by atoms with Gasteiger partial charge in [0, 0.05) is 18.2 Å². The molecule has 3 rings (SSSR count). The average molecular weight is 430 g/mol. The van der Waals surface area contributed by atoms with E-state index in [2.05, 4.69) is 10.1 Å². The number of hydrogen-bond acceptors (Lipinski definition) is 5. The molecule has 1 aromatic carbocycles. The fourth-order valence-electron chi connectivity index (χ4n) is 3.38. The highest BCUT2D eigenvalue weighted by atomic mass is 19.3. The number of halogens is 5. The van der Waals surface area contributed by atoms with Crippen LogP contribution in [0.1, 0.15) is 48.9 Å². The molecule has 162 valence electrons. The van der Waals surface area contributed by atoms with Crippen molar-refractivity contribution in [3.8, 4) is 0 Å². The van der Waals surface area contributed by atoms with E-state index >= 15 is 8.78 Å². The summed E-state index contributed by atoms with van der Waals surface area (Å²) in [5.41, 5.74) is 0.556. The number of hydrogen-bond donors (Lipinski definition) is 1. The highest BCUT2D eigenvalue weighted by molar-refractivity contribution is 5.95. The molecule has 11 heteroatoms. The number of amidine groups is 1. The van der Waals surface area contributed by atoms with Gasteiger partial charge in [-0.2, -0.15) is 22.7 Å². The Morgan fingerprint density at radius 2 is 1.90 bits per heavy atom. The summed E-state index contributed by atoms with van der Waals surface area (Å²) in [7, 11) is 0. The molecule has 0 saturated carbocycles. The van der Waals surface area contributed by atoms with Crippen LogP contribution in [0.4, 0.5) is 22.0 Å². The minimum atomic E-state index is -3.66. The normalized spacial score (nSPS) is 22.5. The Morgan fingerprint density at radius 1 is 1.23 bits per heavy atom. The second-order valence-corrected chi connectivity index (χ2v) is 7.58. The Kier molecular flexibility index (Phi) is 5.11. The molecule has 1 aromatic heterocycles. The fraction of sp³-hybridized carbons (Fsp3) is 0.421. The Labute approximate surface area is 168 Å². The number of alkyl halides is 4. The molecular weight excluding hydrogens is 411 g/mol. The average Bonchev–Trinajstić information content (AvgIpc) is 3.12. The molecule has 2 heterocycles. The summed E-state index contributed by atoms with van der Waals surface area (Å²) in [5.74, 6) is -5.27. The zero-order valence-corrected chi connectivity index (χ0v) is 16.3. The second-order valence-electron chi connectivity index (χ2n) is 7.58. The van der Waals surface area contributed by atoms with E-state index in [9.17, 15) is 18.0 Å². The van der Waals surface area contributed by atoms with Gasteiger partial charge < -0.3 is 10.5 Å². The molecular formula is C19H19F5N4O2. The van der Waals surface area contributed by atoms with E-state index in [1.54, 1.807) is 0 Å². The number of ether oxygens (including phenoxy) is 1. The highest BCUT2D eigenvalue weighted by Crippen LogP contribution is 2.51. The van der Waals surface area contributed by atoms with E-state index in [1.165, 1.54) is 6.07 Å². The van der Waals surface area contributed by atoms with E-state index in [4.69, 9.17) is 10.5 Å². The van der Waals surface area contributed by atoms with Gasteiger partial charge in [-0.3, -0.25) is 4.79 Å². The molecule has 0 amide bonds. The number of carbonyl (C=O) groups excluding carboxylic acids is 1. The van der Waals surface area contributed by atoms with Crippen molar-refractivity contribution in [3.05, 3.63) is 53.1 Å². The minimum absolute atomic E-state index is 0.179. The first-order chi connectivity index (χ1) is 13.8. The van der Waals surface area contributed by atoms with Crippen molar-refractivity contribution >= 4 is 11.8 Å². The van der Waals surface area contributed by atoms with Crippen molar-refractivity contribution in [3.63, 3.8) is 0 Å². The minimum Gasteiger partial charge on any atom is -0.453 e. The summed E-state index contributed by atoms with van der Waals surface area (Å²) in [6, 6.07) is 3.85. The van der Waals surface area contributed by atoms with Crippen LogP contribution in [-0.2, 0) is 16.7 Å². The number of ketones is 1. The van der Waals surface area contributed by atoms with Crippen LogP contribution in [0.3, 0.4) is 0 Å². The van der Waals surface area contributed by atoms with Gasteiger partial charge in [-0.15, -0.1) is 0 Å². The maximum Gasteiger partial charge on any atom is 0.333 e. The first kappa shape index (κ1) is 21.7. The van der Waals surface area contributed by atoms with Gasteiger partial charge in [0.05, 0.1) is 0 Å². The standard InChI is InChI=1S/C19H19F5N4O2/c1-17(2)19(23,24)18(3,26-16(25)30-17)11-8-10(4-5-12(11)20)9-14(29)13-6-7-28(27-13)15(21)22/h4-8,15H,9H2,1-3H3,(H2,25,26)/t18-/m1/s1. The van der Waals surface area contributed by atoms with Gasteiger partial charge in [0.1, 0.15) is 11.5 Å². The summed E-state index contributed by atoms with van der Waals surface area (Å²) in [4.78, 5) is 16.0. The van der Waals surface area contributed by atoms with Crippen molar-refractivity contribution in [1.82, 2.24) is 9.78 Å². The quantitative estimate of drug-likeness (QED) is 0.578. The summed E-state index contributed by atoms with van der Waals surface area (Å²) in [6.45, 7) is 0.333. The lowest BCUT2D eigenvalue weighted by atomic mass is 9.76. The lowest BCUT2D eigenvalue weighted by Crippen LogP contribution is -2.62. The molecule has 0 saturated heterocycles. The number of Topliss-reactive ketones (excluding diaryl/α,β-unsaturated/α-hetero) is 1. The van der Waals surface area contributed by atoms with Crippen molar-refractivity contribution < 1.29 is 31.5 Å². The highest BCUT2D eigenvalue weighted by Gasteiger charge is 2.66. The Bertz CT molecular complexity index is 1020. The van der Waals surface area contributed by atoms with Crippen molar-refractivity contribution in [2.75, 3.05) is 0 Å². The van der Waals surface area contributed by atoms with Crippen LogP contribution in [0, 0.1) is 5.82 Å². The van der Waals surface area contributed by atoms with Crippen molar-refractivity contribution in [1.29, 1.82) is 0 Å². The van der Waals surface area contributed by atoms with Crippen LogP contribution in [0.15, 0.2) is 35.5 Å². The van der Waals surface area contributed by atoms with E-state index in [1.807, 2.05) is 0 Å². The topological polar surface area (TPSA) is 82.5 Å². The Morgan fingerprint density at radius 3 is 2.50 bits per heavy atom. The third kappa shape index (κ3) is 3.41. The van der Waals surface area contributed by atoms with Gasteiger partial charge in [-0.25, -0.2) is 14.1 Å². The fourth-order valence-corrected chi connectivity index (χ4v) is 3.38. The largest absolute Gasteiger partial charge is 0.453 e. The maximum absolute atomic E-state index is 15.2. The monoisotopic (exact) mass is 430 g/mol. The molecule has 1 aliphatic rings. The third-order valence-corrected chi connectivity index (χ3v) is 5.07. The number of aromatic nitrogens is 2. The van der Waals surface area contributed by atoms with Gasteiger partial charge in [-0.1, -0.05) is 6.07 Å². The molecule has 0 bridgehead atoms. The predicted octanol–water partition coefficient (Wildman–Crippen LogP) is 3.82. The molecule has 1 aliphatic heterocycles. The molecule has 0 unspecified atom stereocenters. The van der Waals surface area contributed by atoms with E-state index in [0.29, 0.717) is 4.68 Å². The molecule has 6 nitrogen and oxygen atoms in total. The third-order valence-electron chi connectivity index (χ3n) is 5.07. The first-order valence-electron chi connectivity index (χ1n) is 8.86. The summed E-state index contributed by atoms with van der Waals surface area (Å²) < 4.78 is 75.5. The van der Waals surface area contributed by atoms with Crippen LogP contribution in [0.5, 0.6) is 0 Å². The number of nitrogens with zero attached hydrogens (tertiary/aromatic N) is 3. The summed E-state index contributed by atoms with van der Waals surface area (Å²) >= 11 is 0. The first-order valence-corrected chi connectivity index (χ1v) is 8.86. The van der Waals surface area contributed by atoms with Crippen molar-refractivity contribution in [2.24, 2.45) is 10.7 Å². The molecule has 0 aliphatic carbocycles. The van der Waals surface area contributed by atoms with Crippen molar-refractivity contribution in [2.45, 2.75) is 50.8 Å². The number of benzene rings is 1. The second kappa shape index (κ2) is 7.06. The van der Waals surface area contributed by atoms with Crippen LogP contribution in [0.2, 0.25) is 0 Å². The summed E-state index contributed by atoms with van der Waals surface area (Å²) in [5, 5.41) is 3.47. The Hall–Kier alpha value is -2.98. The van der Waals surface area contributed by atoms with Gasteiger partial charge in [0.15, 0.2) is 16.9 Å². The van der Waals surface area contributed by atoms with E-state index in [0.717, 1.165) is 45.2 Å². The summed E-state index contributed by atoms with van der Waals surface area (Å²) in [6.07, 6.45) is 0.575. The number of aliphatic imine (C=N–C) groups is 1. The van der Waals surface area contributed by atoms with Crippen LogP contribution in [0.25, 0.3) is 0 Å². The zero-order valence-electron chi connectivity index (χ0n) is 16.3. The van der Waals surface area contributed by atoms with E-state index < -0.39 is 46.8 Å². The Balaban J connectivity index is 1.99. The maximum atomic E-state index is 15.2. The number of carbonyl (C=O) groups is 1. The van der Waals surface area contributed by atoms with Crippen LogP contribution < -0.4 is 5.73 Å². The van der Waals surface area contributed by atoms with E-state index in [-0.39, 0.29) is 17.7 Å². The number of nitrogens with two attached hydrogens (primary N) is 1. The van der Waals surface area contributed by atoms with Crippen LogP contribution in [-0.4, -0.2) is 33.1 Å². The predicted molar refractivity (Wildman–Crippen MR) is 97.0 cm³/mol. The smallest absolute Gasteiger partial charge is 0.333 e. The van der Waals surface area contributed by atoms with Gasteiger partial charge in [-0.05, 0) is 44.5 Å². The number of rotatable bonds is 5. The lowest BCUT2D eigenvalue weighted by molar-refractivity contribution is -0.207. The molecule has 0 spiro atoms. The molecule has 1 atom stereocenters. The lowest BCUT2D eigenvalue weighted by Gasteiger charge is -2.46. The molecule has 0 fully saturated rings. The van der Waals surface area contributed by atoms with Gasteiger partial charge >= 0.3 is 12.5 Å². The van der Waals surface area contributed by atoms with Gasteiger partial charge in [0.2, 0.25) is 0 Å². The molecule has 30 heavy (non-hydrogen) atoms. The zero-order chi connectivity index (χ0) is 22.5.